The molecule has 0 aliphatic carbocycles. The number of aromatic hydroxyl groups is 1. The molecule has 0 saturated carbocycles. The predicted molar refractivity (Wildman–Crippen MR) is 85.3 cm³/mol. The van der Waals surface area contributed by atoms with E-state index in [9.17, 15) is 10.2 Å². The molecule has 2 aromatic rings. The standard InChI is InChI=1S/C18H23NO2/c1-13(16-9-6-10-17(20)12-16)19-14(2)18(21)11-15-7-4-3-5-8-15/h3-10,12-14,18-21H,11H2,1-2H3/t13-,14+,18-/m0/s1. The molecule has 0 fully saturated rings. The molecule has 3 N–H and O–H groups in total. The lowest BCUT2D eigenvalue weighted by atomic mass is 10.0. The Bertz CT molecular complexity index is 556. The van der Waals surface area contributed by atoms with Crippen molar-refractivity contribution in [2.45, 2.75) is 38.5 Å². The van der Waals surface area contributed by atoms with Crippen LogP contribution in [0.5, 0.6) is 5.75 Å². The average Bonchev–Trinajstić information content (AvgIpc) is 2.48. The lowest BCUT2D eigenvalue weighted by Crippen LogP contribution is -2.39. The molecule has 112 valence electrons. The minimum Gasteiger partial charge on any atom is -0.508 e. The lowest BCUT2D eigenvalue weighted by molar-refractivity contribution is 0.129. The minimum atomic E-state index is -0.452. The number of hydrogen-bond acceptors (Lipinski definition) is 3. The van der Waals surface area contributed by atoms with Crippen LogP contribution >= 0.6 is 0 Å². The fourth-order valence-corrected chi connectivity index (χ4v) is 2.43. The molecule has 2 rings (SSSR count). The maximum absolute atomic E-state index is 10.3. The molecule has 0 bridgehead atoms. The fourth-order valence-electron chi connectivity index (χ4n) is 2.43. The summed E-state index contributed by atoms with van der Waals surface area (Å²) < 4.78 is 0. The number of hydrogen-bond donors (Lipinski definition) is 3. The monoisotopic (exact) mass is 285 g/mol. The number of nitrogens with one attached hydrogen (secondary N) is 1. The van der Waals surface area contributed by atoms with Gasteiger partial charge in [-0.15, -0.1) is 0 Å². The second-order valence-electron chi connectivity index (χ2n) is 5.53. The summed E-state index contributed by atoms with van der Waals surface area (Å²) >= 11 is 0. The maximum Gasteiger partial charge on any atom is 0.115 e. The van der Waals surface area contributed by atoms with Crippen LogP contribution in [0, 0.1) is 0 Å². The molecule has 3 nitrogen and oxygen atoms in total. The molecule has 0 saturated heterocycles. The topological polar surface area (TPSA) is 52.5 Å². The van der Waals surface area contributed by atoms with E-state index in [1.165, 1.54) is 0 Å². The Labute approximate surface area is 126 Å². The van der Waals surface area contributed by atoms with Gasteiger partial charge in [-0.2, -0.15) is 0 Å². The van der Waals surface area contributed by atoms with Gasteiger partial charge in [0, 0.05) is 12.1 Å². The van der Waals surface area contributed by atoms with Gasteiger partial charge < -0.3 is 15.5 Å². The Morgan fingerprint density at radius 3 is 2.38 bits per heavy atom. The highest BCUT2D eigenvalue weighted by Crippen LogP contribution is 2.19. The van der Waals surface area contributed by atoms with Crippen molar-refractivity contribution in [1.29, 1.82) is 0 Å². The molecule has 0 radical (unpaired) electrons. The van der Waals surface area contributed by atoms with Gasteiger partial charge in [-0.25, -0.2) is 0 Å². The number of rotatable bonds is 6. The van der Waals surface area contributed by atoms with E-state index in [1.54, 1.807) is 12.1 Å². The van der Waals surface area contributed by atoms with E-state index in [-0.39, 0.29) is 17.8 Å². The molecule has 0 amide bonds. The summed E-state index contributed by atoms with van der Waals surface area (Å²) in [6.07, 6.45) is 0.175. The molecule has 0 aliphatic rings. The maximum atomic E-state index is 10.3. The van der Waals surface area contributed by atoms with Gasteiger partial charge in [-0.3, -0.25) is 0 Å². The lowest BCUT2D eigenvalue weighted by Gasteiger charge is -2.25. The highest BCUT2D eigenvalue weighted by molar-refractivity contribution is 5.29. The number of aliphatic hydroxyl groups excluding tert-OH is 1. The van der Waals surface area contributed by atoms with E-state index < -0.39 is 6.10 Å². The average molecular weight is 285 g/mol. The molecular weight excluding hydrogens is 262 g/mol. The minimum absolute atomic E-state index is 0.0393. The van der Waals surface area contributed by atoms with Crippen LogP contribution in [0.3, 0.4) is 0 Å². The van der Waals surface area contributed by atoms with Crippen LogP contribution in [0.4, 0.5) is 0 Å². The number of phenolic OH excluding ortho intramolecular Hbond substituents is 1. The third-order valence-electron chi connectivity index (χ3n) is 3.75. The van der Waals surface area contributed by atoms with Crippen LogP contribution in [0.15, 0.2) is 54.6 Å². The van der Waals surface area contributed by atoms with Crippen molar-refractivity contribution >= 4 is 0 Å². The Morgan fingerprint density at radius 1 is 1.00 bits per heavy atom. The van der Waals surface area contributed by atoms with Crippen LogP contribution in [0.25, 0.3) is 0 Å². The molecule has 0 heterocycles. The highest BCUT2D eigenvalue weighted by atomic mass is 16.3. The van der Waals surface area contributed by atoms with Crippen molar-refractivity contribution in [2.75, 3.05) is 0 Å². The van der Waals surface area contributed by atoms with Crippen molar-refractivity contribution in [3.8, 4) is 5.75 Å². The normalized spacial score (nSPS) is 15.4. The molecule has 0 aliphatic heterocycles. The number of aliphatic hydroxyl groups is 1. The predicted octanol–water partition coefficient (Wildman–Crippen LogP) is 3.03. The van der Waals surface area contributed by atoms with Gasteiger partial charge in [0.25, 0.3) is 0 Å². The molecule has 3 heteroatoms. The van der Waals surface area contributed by atoms with Crippen LogP contribution in [-0.2, 0) is 6.42 Å². The van der Waals surface area contributed by atoms with Gasteiger partial charge in [0.1, 0.15) is 5.75 Å². The fraction of sp³-hybridized carbons (Fsp3) is 0.333. The van der Waals surface area contributed by atoms with Crippen molar-refractivity contribution in [1.82, 2.24) is 5.32 Å². The third kappa shape index (κ3) is 4.59. The van der Waals surface area contributed by atoms with Crippen molar-refractivity contribution in [2.24, 2.45) is 0 Å². The van der Waals surface area contributed by atoms with Gasteiger partial charge in [-0.1, -0.05) is 42.5 Å². The summed E-state index contributed by atoms with van der Waals surface area (Å²) in [5.74, 6) is 0.263. The first kappa shape index (κ1) is 15.5. The van der Waals surface area contributed by atoms with Crippen molar-refractivity contribution in [3.63, 3.8) is 0 Å². The Hall–Kier alpha value is -1.84. The molecule has 3 atom stereocenters. The van der Waals surface area contributed by atoms with Crippen molar-refractivity contribution in [3.05, 3.63) is 65.7 Å². The molecule has 0 spiro atoms. The molecular formula is C18H23NO2. The third-order valence-corrected chi connectivity index (χ3v) is 3.75. The van der Waals surface area contributed by atoms with E-state index in [1.807, 2.05) is 56.3 Å². The van der Waals surface area contributed by atoms with E-state index in [0.29, 0.717) is 6.42 Å². The number of phenols is 1. The SMILES string of the molecule is C[C@H](N[C@H](C)[C@@H](O)Cc1ccccc1)c1cccc(O)c1. The Kier molecular flexibility index (Phi) is 5.37. The summed E-state index contributed by atoms with van der Waals surface area (Å²) in [5.41, 5.74) is 2.14. The highest BCUT2D eigenvalue weighted by Gasteiger charge is 2.17. The second kappa shape index (κ2) is 7.25. The van der Waals surface area contributed by atoms with E-state index in [2.05, 4.69) is 5.32 Å². The zero-order valence-electron chi connectivity index (χ0n) is 12.5. The second-order valence-corrected chi connectivity index (χ2v) is 5.53. The molecule has 0 aromatic heterocycles. The quantitative estimate of drug-likeness (QED) is 0.764. The smallest absolute Gasteiger partial charge is 0.115 e. The van der Waals surface area contributed by atoms with E-state index in [4.69, 9.17) is 0 Å². The van der Waals surface area contributed by atoms with Crippen LogP contribution < -0.4 is 5.32 Å². The van der Waals surface area contributed by atoms with Gasteiger partial charge in [-0.05, 0) is 43.5 Å². The first-order valence-corrected chi connectivity index (χ1v) is 7.33. The zero-order chi connectivity index (χ0) is 15.2. The van der Waals surface area contributed by atoms with E-state index in [0.717, 1.165) is 11.1 Å². The first-order chi connectivity index (χ1) is 10.1. The Morgan fingerprint density at radius 2 is 1.71 bits per heavy atom. The number of benzene rings is 2. The summed E-state index contributed by atoms with van der Waals surface area (Å²) in [4.78, 5) is 0. The van der Waals surface area contributed by atoms with Gasteiger partial charge >= 0.3 is 0 Å². The summed E-state index contributed by atoms with van der Waals surface area (Å²) in [5, 5.41) is 23.2. The van der Waals surface area contributed by atoms with E-state index >= 15 is 0 Å². The zero-order valence-corrected chi connectivity index (χ0v) is 12.5. The molecule has 2 aromatic carbocycles. The summed E-state index contributed by atoms with van der Waals surface area (Å²) in [7, 11) is 0. The molecule has 21 heavy (non-hydrogen) atoms. The Balaban J connectivity index is 1.92. The largest absolute Gasteiger partial charge is 0.508 e. The van der Waals surface area contributed by atoms with Crippen molar-refractivity contribution < 1.29 is 10.2 Å². The van der Waals surface area contributed by atoms with Crippen LogP contribution in [0.2, 0.25) is 0 Å². The summed E-state index contributed by atoms with van der Waals surface area (Å²) in [6.45, 7) is 4.01. The van der Waals surface area contributed by atoms with Gasteiger partial charge in [0.15, 0.2) is 0 Å². The van der Waals surface area contributed by atoms with Gasteiger partial charge in [0.2, 0.25) is 0 Å². The summed E-state index contributed by atoms with van der Waals surface area (Å²) in [6, 6.07) is 17.2. The van der Waals surface area contributed by atoms with Gasteiger partial charge in [0.05, 0.1) is 6.10 Å². The van der Waals surface area contributed by atoms with Crippen LogP contribution in [-0.4, -0.2) is 22.4 Å². The molecule has 0 unspecified atom stereocenters. The van der Waals surface area contributed by atoms with Crippen LogP contribution in [0.1, 0.15) is 31.0 Å². The first-order valence-electron chi connectivity index (χ1n) is 7.33.